The van der Waals surface area contributed by atoms with Crippen molar-refractivity contribution in [3.63, 3.8) is 0 Å². The van der Waals surface area contributed by atoms with E-state index < -0.39 is 28.4 Å². The van der Waals surface area contributed by atoms with Gasteiger partial charge >= 0.3 is 5.97 Å². The quantitative estimate of drug-likeness (QED) is 0.795. The van der Waals surface area contributed by atoms with E-state index in [-0.39, 0.29) is 28.4 Å². The normalized spacial score (nSPS) is 21.9. The number of aromatic nitrogens is 1. The second-order valence-electron chi connectivity index (χ2n) is 9.14. The summed E-state index contributed by atoms with van der Waals surface area (Å²) in [6.07, 6.45) is 3.07. The highest BCUT2D eigenvalue weighted by Gasteiger charge is 2.57. The number of rotatable bonds is 4. The summed E-state index contributed by atoms with van der Waals surface area (Å²) in [5.74, 6) is -2.59. The lowest BCUT2D eigenvalue weighted by atomic mass is 9.86. The number of halogens is 1. The topological polar surface area (TPSA) is 90.2 Å². The first kappa shape index (κ1) is 20.3. The summed E-state index contributed by atoms with van der Waals surface area (Å²) in [6.45, 7) is 5.78. The molecule has 3 fully saturated rings. The maximum atomic E-state index is 15.5. The van der Waals surface area contributed by atoms with E-state index in [9.17, 15) is 14.7 Å². The molecule has 0 amide bonds. The monoisotopic (exact) mass is 432 g/mol. The number of fused-ring (bicyclic) bond motifs is 1. The molecule has 1 N–H and O–H groups in total. The smallest absolute Gasteiger partial charge is 0.341 e. The Morgan fingerprint density at radius 1 is 1.26 bits per heavy atom. The van der Waals surface area contributed by atoms with Crippen LogP contribution in [0, 0.1) is 11.2 Å². The second-order valence-corrected chi connectivity index (χ2v) is 9.14. The molecular formula is C22H25FN2O6. The van der Waals surface area contributed by atoms with Gasteiger partial charge in [-0.15, -0.1) is 0 Å². The fourth-order valence-corrected chi connectivity index (χ4v) is 4.94. The van der Waals surface area contributed by atoms with Crippen molar-refractivity contribution < 1.29 is 28.5 Å². The van der Waals surface area contributed by atoms with Crippen molar-refractivity contribution in [1.82, 2.24) is 4.57 Å². The summed E-state index contributed by atoms with van der Waals surface area (Å²) in [6, 6.07) is 1.19. The number of hydrogen-bond donors (Lipinski definition) is 1. The van der Waals surface area contributed by atoms with E-state index >= 15 is 4.39 Å². The minimum atomic E-state index is -1.33. The van der Waals surface area contributed by atoms with Crippen LogP contribution in [0.15, 0.2) is 17.1 Å². The number of carboxylic acids is 1. The molecule has 2 aliphatic heterocycles. The van der Waals surface area contributed by atoms with Crippen LogP contribution >= 0.6 is 0 Å². The van der Waals surface area contributed by atoms with Gasteiger partial charge in [-0.3, -0.25) is 4.79 Å². The molecule has 1 aromatic heterocycles. The van der Waals surface area contributed by atoms with Gasteiger partial charge in [0, 0.05) is 24.2 Å². The maximum absolute atomic E-state index is 15.5. The van der Waals surface area contributed by atoms with E-state index in [1.165, 1.54) is 13.3 Å². The van der Waals surface area contributed by atoms with Gasteiger partial charge in [0.25, 0.3) is 0 Å². The van der Waals surface area contributed by atoms with Crippen molar-refractivity contribution in [1.29, 1.82) is 0 Å². The minimum absolute atomic E-state index is 0.00596. The summed E-state index contributed by atoms with van der Waals surface area (Å²) in [5, 5.41) is 9.48. The first-order valence-electron chi connectivity index (χ1n) is 10.4. The molecule has 8 nitrogen and oxygen atoms in total. The van der Waals surface area contributed by atoms with Crippen molar-refractivity contribution in [3.8, 4) is 5.75 Å². The number of pyridine rings is 1. The van der Waals surface area contributed by atoms with Crippen LogP contribution < -0.4 is 15.1 Å². The summed E-state index contributed by atoms with van der Waals surface area (Å²) >= 11 is 0. The van der Waals surface area contributed by atoms with Gasteiger partial charge in [-0.05, 0) is 18.9 Å². The second kappa shape index (κ2) is 6.67. The Labute approximate surface area is 178 Å². The van der Waals surface area contributed by atoms with Crippen LogP contribution in [0.3, 0.4) is 0 Å². The predicted molar refractivity (Wildman–Crippen MR) is 111 cm³/mol. The molecule has 31 heavy (non-hydrogen) atoms. The molecule has 5 rings (SSSR count). The number of benzene rings is 1. The van der Waals surface area contributed by atoms with E-state index in [1.54, 1.807) is 4.57 Å². The van der Waals surface area contributed by atoms with E-state index in [4.69, 9.17) is 14.2 Å². The molecule has 1 spiro atoms. The highest BCUT2D eigenvalue weighted by Crippen LogP contribution is 2.50. The SMILES string of the molecule is COc1c(N2CC(C)(C)C3(C2)OCCO3)c(F)cc2c(=O)c(C(=O)O)cn(C3CC3)c12. The number of ether oxygens (including phenoxy) is 3. The first-order chi connectivity index (χ1) is 14.7. The number of carbonyl (C=O) groups is 1. The van der Waals surface area contributed by atoms with E-state index in [1.807, 2.05) is 18.7 Å². The van der Waals surface area contributed by atoms with Crippen LogP contribution in [-0.2, 0) is 9.47 Å². The van der Waals surface area contributed by atoms with Crippen LogP contribution in [0.2, 0.25) is 0 Å². The van der Waals surface area contributed by atoms with Gasteiger partial charge < -0.3 is 28.8 Å². The lowest BCUT2D eigenvalue weighted by Crippen LogP contribution is -2.44. The van der Waals surface area contributed by atoms with E-state index in [2.05, 4.69) is 0 Å². The highest BCUT2D eigenvalue weighted by atomic mass is 19.1. The van der Waals surface area contributed by atoms with Gasteiger partial charge in [0.2, 0.25) is 5.43 Å². The van der Waals surface area contributed by atoms with Gasteiger partial charge in [0.15, 0.2) is 17.4 Å². The molecule has 1 saturated carbocycles. The average molecular weight is 432 g/mol. The predicted octanol–water partition coefficient (Wildman–Crippen LogP) is 2.77. The lowest BCUT2D eigenvalue weighted by molar-refractivity contribution is -0.198. The molecule has 1 aromatic carbocycles. The standard InChI is InChI=1S/C22H25FN2O6/c1-21(2)10-24(11-22(21)30-6-7-31-22)17-15(23)8-13-16(19(17)29-3)25(12-4-5-12)9-14(18(13)26)20(27)28/h8-9,12H,4-7,10-11H2,1-3H3,(H,27,28). The Bertz CT molecular complexity index is 1150. The van der Waals surface area contributed by atoms with Crippen molar-refractivity contribution >= 4 is 22.6 Å². The molecule has 0 atom stereocenters. The Kier molecular flexibility index (Phi) is 4.36. The fraction of sp³-hybridized carbons (Fsp3) is 0.545. The lowest BCUT2D eigenvalue weighted by Gasteiger charge is -2.33. The Balaban J connectivity index is 1.75. The molecule has 3 aliphatic rings. The van der Waals surface area contributed by atoms with Crippen molar-refractivity contribution in [2.24, 2.45) is 5.41 Å². The van der Waals surface area contributed by atoms with Crippen molar-refractivity contribution in [2.75, 3.05) is 38.3 Å². The molecule has 2 saturated heterocycles. The first-order valence-corrected chi connectivity index (χ1v) is 10.4. The summed E-state index contributed by atoms with van der Waals surface area (Å²) in [5.41, 5.74) is -0.843. The zero-order valence-corrected chi connectivity index (χ0v) is 17.7. The largest absolute Gasteiger partial charge is 0.492 e. The van der Waals surface area contributed by atoms with Gasteiger partial charge in [-0.2, -0.15) is 0 Å². The van der Waals surface area contributed by atoms with E-state index in [0.29, 0.717) is 31.8 Å². The van der Waals surface area contributed by atoms with Crippen LogP contribution in [0.4, 0.5) is 10.1 Å². The van der Waals surface area contributed by atoms with Gasteiger partial charge in [-0.1, -0.05) is 13.8 Å². The Morgan fingerprint density at radius 2 is 1.94 bits per heavy atom. The van der Waals surface area contributed by atoms with Crippen LogP contribution in [0.25, 0.3) is 10.9 Å². The highest BCUT2D eigenvalue weighted by molar-refractivity contribution is 5.97. The molecule has 2 aromatic rings. The minimum Gasteiger partial charge on any atom is -0.492 e. The van der Waals surface area contributed by atoms with Crippen LogP contribution in [0.1, 0.15) is 43.1 Å². The number of anilines is 1. The maximum Gasteiger partial charge on any atom is 0.341 e. The number of aromatic carboxylic acids is 1. The molecule has 166 valence electrons. The molecule has 9 heteroatoms. The molecular weight excluding hydrogens is 407 g/mol. The van der Waals surface area contributed by atoms with Gasteiger partial charge in [0.05, 0.1) is 37.8 Å². The third-order valence-electron chi connectivity index (χ3n) is 6.66. The zero-order chi connectivity index (χ0) is 22.1. The molecule has 1 aliphatic carbocycles. The zero-order valence-electron chi connectivity index (χ0n) is 17.7. The number of carboxylic acid groups (broad SMARTS) is 1. The van der Waals surface area contributed by atoms with Crippen molar-refractivity contribution in [3.05, 3.63) is 33.9 Å². The number of methoxy groups -OCH3 is 1. The number of hydrogen-bond acceptors (Lipinski definition) is 6. The average Bonchev–Trinajstić information content (AvgIpc) is 3.37. The fourth-order valence-electron chi connectivity index (χ4n) is 4.94. The third kappa shape index (κ3) is 2.86. The number of nitrogens with zero attached hydrogens (tertiary/aromatic N) is 2. The molecule has 0 unspecified atom stereocenters. The van der Waals surface area contributed by atoms with Crippen LogP contribution in [0.5, 0.6) is 5.75 Å². The third-order valence-corrected chi connectivity index (χ3v) is 6.66. The van der Waals surface area contributed by atoms with Gasteiger partial charge in [0.1, 0.15) is 11.3 Å². The molecule has 0 radical (unpaired) electrons. The molecule has 0 bridgehead atoms. The van der Waals surface area contributed by atoms with E-state index in [0.717, 1.165) is 18.9 Å². The summed E-state index contributed by atoms with van der Waals surface area (Å²) in [7, 11) is 1.43. The summed E-state index contributed by atoms with van der Waals surface area (Å²) < 4.78 is 34.8. The van der Waals surface area contributed by atoms with Gasteiger partial charge in [-0.25, -0.2) is 9.18 Å². The summed E-state index contributed by atoms with van der Waals surface area (Å²) in [4.78, 5) is 26.3. The van der Waals surface area contributed by atoms with Crippen molar-refractivity contribution in [2.45, 2.75) is 38.5 Å². The van der Waals surface area contributed by atoms with Crippen LogP contribution in [-0.4, -0.2) is 54.8 Å². The Hall–Kier alpha value is -2.65. The Morgan fingerprint density at radius 3 is 2.52 bits per heavy atom. The molecule has 3 heterocycles.